The van der Waals surface area contributed by atoms with Crippen LogP contribution in [0.25, 0.3) is 5.57 Å². The summed E-state index contributed by atoms with van der Waals surface area (Å²) in [6, 6.07) is 5.42. The van der Waals surface area contributed by atoms with Crippen molar-refractivity contribution in [3.05, 3.63) is 35.7 Å². The Labute approximate surface area is 91.4 Å². The summed E-state index contributed by atoms with van der Waals surface area (Å²) in [7, 11) is 0.907. The van der Waals surface area contributed by atoms with Gasteiger partial charge in [0.2, 0.25) is 0 Å². The summed E-state index contributed by atoms with van der Waals surface area (Å²) in [6.07, 6.45) is 6.80. The fraction of sp³-hybridized carbons (Fsp3) is 0.385. The molecule has 2 heteroatoms. The molecule has 0 atom stereocenters. The zero-order valence-electron chi connectivity index (χ0n) is 9.22. The van der Waals surface area contributed by atoms with Gasteiger partial charge >= 0.3 is 0 Å². The Morgan fingerprint density at radius 3 is 2.80 bits per heavy atom. The van der Waals surface area contributed by atoms with Crippen LogP contribution in [0.4, 0.5) is 4.39 Å². The molecule has 0 aromatic heterocycles. The molecule has 0 spiro atoms. The van der Waals surface area contributed by atoms with Crippen molar-refractivity contribution in [2.45, 2.75) is 32.5 Å². The van der Waals surface area contributed by atoms with E-state index in [2.05, 4.69) is 12.9 Å². The summed E-state index contributed by atoms with van der Waals surface area (Å²) in [4.78, 5) is 0. The molecule has 0 heterocycles. The molecule has 0 fully saturated rings. The average Bonchev–Trinajstić information content (AvgIpc) is 2.29. The number of halogens is 1. The molecule has 2 rings (SSSR count). The molecule has 0 unspecified atom stereocenters. The molecule has 0 amide bonds. The SMILES string of the molecule is CBc1cccc(F)c1C1=CCCCC1. The molecule has 1 aliphatic rings. The van der Waals surface area contributed by atoms with Crippen molar-refractivity contribution in [2.24, 2.45) is 0 Å². The highest BCUT2D eigenvalue weighted by atomic mass is 19.1. The van der Waals surface area contributed by atoms with Crippen LogP contribution in [0.1, 0.15) is 31.2 Å². The highest BCUT2D eigenvalue weighted by Gasteiger charge is 2.13. The van der Waals surface area contributed by atoms with Crippen LogP contribution in [-0.4, -0.2) is 7.28 Å². The van der Waals surface area contributed by atoms with E-state index in [0.717, 1.165) is 31.1 Å². The van der Waals surface area contributed by atoms with Crippen molar-refractivity contribution in [1.82, 2.24) is 0 Å². The number of rotatable bonds is 2. The van der Waals surface area contributed by atoms with Gasteiger partial charge in [-0.3, -0.25) is 0 Å². The molecule has 0 nitrogen and oxygen atoms in total. The Hall–Kier alpha value is -1.05. The maximum Gasteiger partial charge on any atom is 0.155 e. The summed E-state index contributed by atoms with van der Waals surface area (Å²) in [5.74, 6) is -0.0532. The Bertz CT molecular complexity index is 382. The predicted octanol–water partition coefficient (Wildman–Crippen LogP) is 2.89. The van der Waals surface area contributed by atoms with Crippen molar-refractivity contribution in [3.63, 3.8) is 0 Å². The molecule has 0 saturated heterocycles. The van der Waals surface area contributed by atoms with Crippen LogP contribution in [0.5, 0.6) is 0 Å². The van der Waals surface area contributed by atoms with Gasteiger partial charge in [-0.05, 0) is 37.3 Å². The molecule has 1 aromatic carbocycles. The number of hydrogen-bond donors (Lipinski definition) is 0. The van der Waals surface area contributed by atoms with Gasteiger partial charge in [-0.2, -0.15) is 0 Å². The zero-order valence-corrected chi connectivity index (χ0v) is 9.22. The number of allylic oxidation sites excluding steroid dienone is 2. The third-order valence-electron chi connectivity index (χ3n) is 3.09. The van der Waals surface area contributed by atoms with Gasteiger partial charge in [0.25, 0.3) is 0 Å². The fourth-order valence-corrected chi connectivity index (χ4v) is 2.29. The summed E-state index contributed by atoms with van der Waals surface area (Å²) in [5.41, 5.74) is 3.24. The van der Waals surface area contributed by atoms with Gasteiger partial charge in [-0.25, -0.2) is 4.39 Å². The van der Waals surface area contributed by atoms with Crippen LogP contribution in [0.2, 0.25) is 6.82 Å². The lowest BCUT2D eigenvalue weighted by Crippen LogP contribution is -2.18. The standard InChI is InChI=1S/C13H16BF/c1-14-11-8-5-9-12(15)13(11)10-6-3-2-4-7-10/h5-6,8-9,14H,2-4,7H2,1H3. The molecule has 1 aromatic rings. The first-order valence-electron chi connectivity index (χ1n) is 5.79. The first-order chi connectivity index (χ1) is 7.33. The van der Waals surface area contributed by atoms with Gasteiger partial charge in [0.1, 0.15) is 5.82 Å². The second kappa shape index (κ2) is 4.65. The number of hydrogen-bond acceptors (Lipinski definition) is 0. The summed E-state index contributed by atoms with van der Waals surface area (Å²) >= 11 is 0. The summed E-state index contributed by atoms with van der Waals surface area (Å²) in [6.45, 7) is 2.08. The maximum atomic E-state index is 13.8. The van der Waals surface area contributed by atoms with Crippen molar-refractivity contribution in [2.75, 3.05) is 0 Å². The third kappa shape index (κ3) is 2.14. The van der Waals surface area contributed by atoms with Crippen LogP contribution >= 0.6 is 0 Å². The molecular formula is C13H16BF. The second-order valence-corrected chi connectivity index (χ2v) is 4.10. The zero-order chi connectivity index (χ0) is 10.7. The van der Waals surface area contributed by atoms with Gasteiger partial charge in [-0.15, -0.1) is 0 Å². The molecule has 78 valence electrons. The van der Waals surface area contributed by atoms with Crippen LogP contribution in [0, 0.1) is 5.82 Å². The van der Waals surface area contributed by atoms with E-state index in [-0.39, 0.29) is 5.82 Å². The highest BCUT2D eigenvalue weighted by molar-refractivity contribution is 6.53. The summed E-state index contributed by atoms with van der Waals surface area (Å²) < 4.78 is 13.8. The van der Waals surface area contributed by atoms with E-state index >= 15 is 0 Å². The van der Waals surface area contributed by atoms with E-state index in [0.29, 0.717) is 0 Å². The first-order valence-corrected chi connectivity index (χ1v) is 5.79. The second-order valence-electron chi connectivity index (χ2n) is 4.10. The molecule has 0 saturated carbocycles. The predicted molar refractivity (Wildman–Crippen MR) is 65.5 cm³/mol. The molecule has 0 bridgehead atoms. The van der Waals surface area contributed by atoms with E-state index in [1.165, 1.54) is 18.4 Å². The van der Waals surface area contributed by atoms with Gasteiger partial charge in [0.05, 0.1) is 0 Å². The molecule has 0 aliphatic heterocycles. The van der Waals surface area contributed by atoms with Crippen molar-refractivity contribution in [1.29, 1.82) is 0 Å². The Balaban J connectivity index is 2.45. The van der Waals surface area contributed by atoms with E-state index in [1.807, 2.05) is 6.07 Å². The normalized spacial score (nSPS) is 16.0. The topological polar surface area (TPSA) is 0 Å². The van der Waals surface area contributed by atoms with Gasteiger partial charge in [0.15, 0.2) is 7.28 Å². The van der Waals surface area contributed by atoms with Crippen LogP contribution in [0.3, 0.4) is 0 Å². The smallest absolute Gasteiger partial charge is 0.155 e. The highest BCUT2D eigenvalue weighted by Crippen LogP contribution is 2.27. The quantitative estimate of drug-likeness (QED) is 0.647. The van der Waals surface area contributed by atoms with E-state index in [1.54, 1.807) is 12.1 Å². The van der Waals surface area contributed by atoms with Crippen molar-refractivity contribution < 1.29 is 4.39 Å². The first kappa shape index (κ1) is 10.5. The minimum Gasteiger partial charge on any atom is -0.206 e. The Morgan fingerprint density at radius 1 is 1.27 bits per heavy atom. The van der Waals surface area contributed by atoms with Gasteiger partial charge in [0, 0.05) is 5.56 Å². The Kier molecular flexibility index (Phi) is 3.25. The monoisotopic (exact) mass is 202 g/mol. The van der Waals surface area contributed by atoms with Crippen LogP contribution < -0.4 is 5.46 Å². The van der Waals surface area contributed by atoms with E-state index in [9.17, 15) is 4.39 Å². The number of benzene rings is 1. The van der Waals surface area contributed by atoms with Crippen LogP contribution in [0.15, 0.2) is 24.3 Å². The molecule has 1 aliphatic carbocycles. The molecule has 15 heavy (non-hydrogen) atoms. The lowest BCUT2D eigenvalue weighted by molar-refractivity contribution is 0.622. The van der Waals surface area contributed by atoms with Gasteiger partial charge in [-0.1, -0.05) is 30.5 Å². The Morgan fingerprint density at radius 2 is 2.13 bits per heavy atom. The summed E-state index contributed by atoms with van der Waals surface area (Å²) in [5, 5.41) is 0. The fourth-order valence-electron chi connectivity index (χ4n) is 2.29. The average molecular weight is 202 g/mol. The maximum absolute atomic E-state index is 13.8. The van der Waals surface area contributed by atoms with Crippen molar-refractivity contribution >= 4 is 18.3 Å². The lowest BCUT2D eigenvalue weighted by Gasteiger charge is -2.16. The minimum atomic E-state index is -0.0532. The third-order valence-corrected chi connectivity index (χ3v) is 3.09. The minimum absolute atomic E-state index is 0.0532. The van der Waals surface area contributed by atoms with Gasteiger partial charge < -0.3 is 0 Å². The molecule has 0 N–H and O–H groups in total. The molecular weight excluding hydrogens is 186 g/mol. The van der Waals surface area contributed by atoms with Crippen molar-refractivity contribution in [3.8, 4) is 0 Å². The lowest BCUT2D eigenvalue weighted by atomic mass is 9.69. The van der Waals surface area contributed by atoms with Crippen LogP contribution in [-0.2, 0) is 0 Å². The van der Waals surface area contributed by atoms with E-state index in [4.69, 9.17) is 0 Å². The molecule has 0 radical (unpaired) electrons. The largest absolute Gasteiger partial charge is 0.206 e. The van der Waals surface area contributed by atoms with E-state index < -0.39 is 0 Å².